The van der Waals surface area contributed by atoms with Crippen LogP contribution in [-0.2, 0) is 0 Å². The Morgan fingerprint density at radius 3 is 2.52 bits per heavy atom. The van der Waals surface area contributed by atoms with E-state index in [9.17, 15) is 9.90 Å². The number of aromatic nitrogens is 1. The van der Waals surface area contributed by atoms with Gasteiger partial charge in [0.1, 0.15) is 5.75 Å². The van der Waals surface area contributed by atoms with Crippen LogP contribution in [0.2, 0.25) is 0 Å². The molecule has 2 aromatic carbocycles. The van der Waals surface area contributed by atoms with E-state index in [4.69, 9.17) is 4.74 Å². The number of fused-ring (bicyclic) bond motifs is 1. The van der Waals surface area contributed by atoms with Crippen molar-refractivity contribution in [3.8, 4) is 17.0 Å². The molecule has 1 heterocycles. The van der Waals surface area contributed by atoms with Crippen molar-refractivity contribution in [1.82, 2.24) is 4.98 Å². The number of nitrogens with zero attached hydrogens (tertiary/aromatic N) is 1. The lowest BCUT2D eigenvalue weighted by molar-refractivity contribution is 0.0698. The first-order chi connectivity index (χ1) is 10.2. The Labute approximate surface area is 121 Å². The minimum absolute atomic E-state index is 0.187. The second-order valence-corrected chi connectivity index (χ2v) is 4.60. The minimum Gasteiger partial charge on any atom is -0.497 e. The summed E-state index contributed by atoms with van der Waals surface area (Å²) in [4.78, 5) is 15.7. The fourth-order valence-corrected chi connectivity index (χ4v) is 2.35. The van der Waals surface area contributed by atoms with Crippen molar-refractivity contribution in [2.75, 3.05) is 7.11 Å². The number of carboxylic acids is 1. The van der Waals surface area contributed by atoms with Gasteiger partial charge in [-0.3, -0.25) is 4.98 Å². The Balaban J connectivity index is 2.35. The molecular weight excluding hydrogens is 266 g/mol. The van der Waals surface area contributed by atoms with E-state index >= 15 is 0 Å². The molecule has 0 amide bonds. The zero-order chi connectivity index (χ0) is 14.8. The largest absolute Gasteiger partial charge is 0.497 e. The van der Waals surface area contributed by atoms with E-state index in [1.807, 2.05) is 36.4 Å². The SMILES string of the molecule is COc1ccc2c(C(=O)O)cnc(-c3ccccc3)c2c1. The van der Waals surface area contributed by atoms with Gasteiger partial charge in [-0.15, -0.1) is 0 Å². The first kappa shape index (κ1) is 13.1. The van der Waals surface area contributed by atoms with Gasteiger partial charge in [-0.25, -0.2) is 4.79 Å². The highest BCUT2D eigenvalue weighted by atomic mass is 16.5. The van der Waals surface area contributed by atoms with Crippen molar-refractivity contribution >= 4 is 16.7 Å². The molecule has 0 saturated heterocycles. The van der Waals surface area contributed by atoms with Crippen LogP contribution in [0.5, 0.6) is 5.75 Å². The van der Waals surface area contributed by atoms with Gasteiger partial charge in [0.15, 0.2) is 0 Å². The van der Waals surface area contributed by atoms with Gasteiger partial charge in [-0.2, -0.15) is 0 Å². The van der Waals surface area contributed by atoms with Gasteiger partial charge in [-0.05, 0) is 18.2 Å². The summed E-state index contributed by atoms with van der Waals surface area (Å²) in [5.74, 6) is -0.318. The summed E-state index contributed by atoms with van der Waals surface area (Å²) in [6, 6.07) is 15.0. The van der Waals surface area contributed by atoms with E-state index in [0.29, 0.717) is 11.1 Å². The van der Waals surface area contributed by atoms with E-state index in [-0.39, 0.29) is 5.56 Å². The lowest BCUT2D eigenvalue weighted by atomic mass is 10.0. The number of pyridine rings is 1. The Hall–Kier alpha value is -2.88. The summed E-state index contributed by atoms with van der Waals surface area (Å²) in [6.07, 6.45) is 1.40. The molecular formula is C17H13NO3. The number of methoxy groups -OCH3 is 1. The summed E-state index contributed by atoms with van der Waals surface area (Å²) in [7, 11) is 1.58. The monoisotopic (exact) mass is 279 g/mol. The Morgan fingerprint density at radius 1 is 1.10 bits per heavy atom. The standard InChI is InChI=1S/C17H13NO3/c1-21-12-7-8-13-14(9-12)16(11-5-3-2-4-6-11)18-10-15(13)17(19)20/h2-10H,1H3,(H,19,20). The van der Waals surface area contributed by atoms with Crippen molar-refractivity contribution in [3.05, 3.63) is 60.3 Å². The lowest BCUT2D eigenvalue weighted by Gasteiger charge is -2.10. The summed E-state index contributed by atoms with van der Waals surface area (Å²) in [5.41, 5.74) is 1.87. The Bertz CT molecular complexity index is 813. The molecule has 1 aromatic heterocycles. The van der Waals surface area contributed by atoms with Gasteiger partial charge in [0, 0.05) is 22.5 Å². The maximum atomic E-state index is 11.3. The number of carboxylic acid groups (broad SMARTS) is 1. The molecule has 1 N–H and O–H groups in total. The molecule has 0 atom stereocenters. The van der Waals surface area contributed by atoms with E-state index in [1.165, 1.54) is 6.20 Å². The van der Waals surface area contributed by atoms with E-state index in [1.54, 1.807) is 19.2 Å². The third-order valence-corrected chi connectivity index (χ3v) is 3.37. The molecule has 3 aromatic rings. The van der Waals surface area contributed by atoms with E-state index < -0.39 is 5.97 Å². The maximum absolute atomic E-state index is 11.3. The zero-order valence-corrected chi connectivity index (χ0v) is 11.4. The van der Waals surface area contributed by atoms with E-state index in [0.717, 1.165) is 16.6 Å². The van der Waals surface area contributed by atoms with Crippen LogP contribution in [0.4, 0.5) is 0 Å². The normalized spacial score (nSPS) is 10.5. The molecule has 0 aliphatic rings. The van der Waals surface area contributed by atoms with Crippen molar-refractivity contribution in [3.63, 3.8) is 0 Å². The number of aromatic carboxylic acids is 1. The number of benzene rings is 2. The smallest absolute Gasteiger partial charge is 0.337 e. The van der Waals surface area contributed by atoms with Crippen LogP contribution in [0, 0.1) is 0 Å². The molecule has 0 unspecified atom stereocenters. The predicted molar refractivity (Wildman–Crippen MR) is 80.7 cm³/mol. The van der Waals surface area contributed by atoms with Gasteiger partial charge >= 0.3 is 5.97 Å². The average molecular weight is 279 g/mol. The molecule has 21 heavy (non-hydrogen) atoms. The maximum Gasteiger partial charge on any atom is 0.337 e. The lowest BCUT2D eigenvalue weighted by Crippen LogP contribution is -2.00. The van der Waals surface area contributed by atoms with Gasteiger partial charge in [0.25, 0.3) is 0 Å². The van der Waals surface area contributed by atoms with Crippen molar-refractivity contribution < 1.29 is 14.6 Å². The highest BCUT2D eigenvalue weighted by Gasteiger charge is 2.14. The first-order valence-electron chi connectivity index (χ1n) is 6.46. The van der Waals surface area contributed by atoms with Crippen LogP contribution < -0.4 is 4.74 Å². The van der Waals surface area contributed by atoms with Crippen LogP contribution in [0.1, 0.15) is 10.4 Å². The first-order valence-corrected chi connectivity index (χ1v) is 6.46. The fraction of sp³-hybridized carbons (Fsp3) is 0.0588. The van der Waals surface area contributed by atoms with Crippen LogP contribution in [-0.4, -0.2) is 23.2 Å². The highest BCUT2D eigenvalue weighted by Crippen LogP contribution is 2.31. The number of hydrogen-bond donors (Lipinski definition) is 1. The molecule has 0 saturated carbocycles. The summed E-state index contributed by atoms with van der Waals surface area (Å²) < 4.78 is 5.24. The molecule has 0 aliphatic heterocycles. The topological polar surface area (TPSA) is 59.4 Å². The summed E-state index contributed by atoms with van der Waals surface area (Å²) in [6.45, 7) is 0. The van der Waals surface area contributed by atoms with Crippen molar-refractivity contribution in [2.45, 2.75) is 0 Å². The third kappa shape index (κ3) is 2.31. The fourth-order valence-electron chi connectivity index (χ4n) is 2.35. The van der Waals surface area contributed by atoms with E-state index in [2.05, 4.69) is 4.98 Å². The van der Waals surface area contributed by atoms with Crippen LogP contribution in [0.25, 0.3) is 22.0 Å². The molecule has 0 aliphatic carbocycles. The summed E-state index contributed by atoms with van der Waals surface area (Å²) in [5, 5.41) is 10.7. The van der Waals surface area contributed by atoms with Crippen LogP contribution >= 0.6 is 0 Å². The molecule has 3 rings (SSSR count). The highest BCUT2D eigenvalue weighted by molar-refractivity contribution is 6.07. The molecule has 4 heteroatoms. The van der Waals surface area contributed by atoms with Crippen molar-refractivity contribution in [2.24, 2.45) is 0 Å². The predicted octanol–water partition coefficient (Wildman–Crippen LogP) is 3.61. The molecule has 0 spiro atoms. The van der Waals surface area contributed by atoms with Gasteiger partial charge < -0.3 is 9.84 Å². The summed E-state index contributed by atoms with van der Waals surface area (Å²) >= 11 is 0. The van der Waals surface area contributed by atoms with Gasteiger partial charge in [0.2, 0.25) is 0 Å². The van der Waals surface area contributed by atoms with Gasteiger partial charge in [0.05, 0.1) is 18.4 Å². The molecule has 0 fully saturated rings. The number of carbonyl (C=O) groups is 1. The second-order valence-electron chi connectivity index (χ2n) is 4.60. The molecule has 0 bridgehead atoms. The number of hydrogen-bond acceptors (Lipinski definition) is 3. The van der Waals surface area contributed by atoms with Gasteiger partial charge in [-0.1, -0.05) is 30.3 Å². The van der Waals surface area contributed by atoms with Crippen LogP contribution in [0.15, 0.2) is 54.7 Å². The number of ether oxygens (including phenoxy) is 1. The van der Waals surface area contributed by atoms with Crippen LogP contribution in [0.3, 0.4) is 0 Å². The quantitative estimate of drug-likeness (QED) is 0.795. The zero-order valence-electron chi connectivity index (χ0n) is 11.4. The minimum atomic E-state index is -0.989. The third-order valence-electron chi connectivity index (χ3n) is 3.37. The average Bonchev–Trinajstić information content (AvgIpc) is 2.53. The molecule has 104 valence electrons. The second kappa shape index (κ2) is 5.25. The number of rotatable bonds is 3. The van der Waals surface area contributed by atoms with Crippen molar-refractivity contribution in [1.29, 1.82) is 0 Å². The molecule has 4 nitrogen and oxygen atoms in total. The Kier molecular flexibility index (Phi) is 3.28. The Morgan fingerprint density at radius 2 is 1.86 bits per heavy atom. The molecule has 0 radical (unpaired) electrons.